The summed E-state index contributed by atoms with van der Waals surface area (Å²) in [6.07, 6.45) is 1.87. The van der Waals surface area contributed by atoms with E-state index in [9.17, 15) is 14.7 Å². The second-order valence-corrected chi connectivity index (χ2v) is 4.92. The molecule has 0 unspecified atom stereocenters. The van der Waals surface area contributed by atoms with Crippen molar-refractivity contribution in [2.45, 2.75) is 38.6 Å². The number of carbonyl (C=O) groups is 2. The molecule has 1 saturated carbocycles. The molecule has 2 aliphatic rings. The fourth-order valence-corrected chi connectivity index (χ4v) is 2.95. The fourth-order valence-electron chi connectivity index (χ4n) is 2.95. The highest BCUT2D eigenvalue weighted by molar-refractivity contribution is 5.90. The van der Waals surface area contributed by atoms with Crippen LogP contribution in [0.4, 0.5) is 0 Å². The Balaban J connectivity index is 2.47. The number of nitrogens with one attached hydrogen (secondary N) is 1. The maximum Gasteiger partial charge on any atom is 0.329 e. The molecular weight excluding hydrogens is 182 g/mol. The minimum atomic E-state index is -1.02. The van der Waals surface area contributed by atoms with Gasteiger partial charge in [-0.3, -0.25) is 4.79 Å². The third-order valence-electron chi connectivity index (χ3n) is 4.14. The van der Waals surface area contributed by atoms with Gasteiger partial charge in [-0.25, -0.2) is 4.79 Å². The summed E-state index contributed by atoms with van der Waals surface area (Å²) >= 11 is 0. The topological polar surface area (TPSA) is 66.4 Å². The summed E-state index contributed by atoms with van der Waals surface area (Å²) in [4.78, 5) is 22.6. The van der Waals surface area contributed by atoms with Crippen LogP contribution in [-0.2, 0) is 9.59 Å². The van der Waals surface area contributed by atoms with Crippen LogP contribution in [0.3, 0.4) is 0 Å². The first-order chi connectivity index (χ1) is 6.40. The van der Waals surface area contributed by atoms with Gasteiger partial charge in [-0.15, -0.1) is 0 Å². The van der Waals surface area contributed by atoms with Crippen LogP contribution in [0.25, 0.3) is 0 Å². The molecule has 0 radical (unpaired) electrons. The van der Waals surface area contributed by atoms with E-state index in [2.05, 4.69) is 5.32 Å². The van der Waals surface area contributed by atoms with Gasteiger partial charge < -0.3 is 10.4 Å². The van der Waals surface area contributed by atoms with Crippen molar-refractivity contribution in [3.8, 4) is 0 Å². The minimum absolute atomic E-state index is 0.116. The molecule has 0 aromatic heterocycles. The molecule has 0 aromatic carbocycles. The van der Waals surface area contributed by atoms with Crippen LogP contribution in [0.1, 0.15) is 33.1 Å². The lowest BCUT2D eigenvalue weighted by Gasteiger charge is -2.45. The van der Waals surface area contributed by atoms with E-state index in [0.29, 0.717) is 12.8 Å². The van der Waals surface area contributed by atoms with Crippen molar-refractivity contribution in [1.82, 2.24) is 5.32 Å². The van der Waals surface area contributed by atoms with Gasteiger partial charge in [0.25, 0.3) is 0 Å². The van der Waals surface area contributed by atoms with Crippen LogP contribution < -0.4 is 5.32 Å². The van der Waals surface area contributed by atoms with E-state index in [1.54, 1.807) is 0 Å². The van der Waals surface area contributed by atoms with Crippen LogP contribution in [0, 0.1) is 11.3 Å². The Morgan fingerprint density at radius 2 is 2.21 bits per heavy atom. The monoisotopic (exact) mass is 197 g/mol. The second kappa shape index (κ2) is 2.49. The zero-order chi connectivity index (χ0) is 10.6. The van der Waals surface area contributed by atoms with Crippen LogP contribution in [0.5, 0.6) is 0 Å². The molecule has 0 spiro atoms. The number of hydrogen-bond acceptors (Lipinski definition) is 2. The average Bonchev–Trinajstić information content (AvgIpc) is 2.27. The highest BCUT2D eigenvalue weighted by Crippen LogP contribution is 2.54. The Bertz CT molecular complexity index is 310. The summed E-state index contributed by atoms with van der Waals surface area (Å²) < 4.78 is 0. The quantitative estimate of drug-likeness (QED) is 0.652. The lowest BCUT2D eigenvalue weighted by Crippen LogP contribution is -2.64. The number of aliphatic carboxylic acids is 1. The Morgan fingerprint density at radius 1 is 1.57 bits per heavy atom. The number of fused-ring (bicyclic) bond motifs is 2. The SMILES string of the molecule is CC1(C)[C@@H]2CC[C@@]1(C(=O)O)NC(=O)C2. The maximum absolute atomic E-state index is 11.3. The standard InChI is InChI=1S/C10H15NO3/c1-9(2)6-3-4-10(9,8(13)14)11-7(12)5-6/h6H,3-5H2,1-2H3,(H,11,12)(H,13,14)/t6-,10+/m1/s1. The molecule has 4 nitrogen and oxygen atoms in total. The highest BCUT2D eigenvalue weighted by atomic mass is 16.4. The molecule has 78 valence electrons. The molecule has 1 heterocycles. The molecule has 1 saturated heterocycles. The summed E-state index contributed by atoms with van der Waals surface area (Å²) in [5, 5.41) is 11.9. The van der Waals surface area contributed by atoms with Crippen LogP contribution in [0.2, 0.25) is 0 Å². The van der Waals surface area contributed by atoms with Gasteiger partial charge in [0.05, 0.1) is 0 Å². The van der Waals surface area contributed by atoms with Crippen molar-refractivity contribution in [2.75, 3.05) is 0 Å². The zero-order valence-corrected chi connectivity index (χ0v) is 8.46. The average molecular weight is 197 g/mol. The summed E-state index contributed by atoms with van der Waals surface area (Å²) in [6.45, 7) is 3.89. The van der Waals surface area contributed by atoms with E-state index < -0.39 is 11.5 Å². The van der Waals surface area contributed by atoms with Gasteiger partial charge in [-0.1, -0.05) is 13.8 Å². The zero-order valence-electron chi connectivity index (χ0n) is 8.46. The first kappa shape index (κ1) is 9.49. The third kappa shape index (κ3) is 0.885. The molecule has 1 amide bonds. The molecule has 14 heavy (non-hydrogen) atoms. The van der Waals surface area contributed by atoms with Crippen LogP contribution in [0.15, 0.2) is 0 Å². The Morgan fingerprint density at radius 3 is 2.79 bits per heavy atom. The molecule has 1 aliphatic carbocycles. The van der Waals surface area contributed by atoms with Crippen molar-refractivity contribution in [1.29, 1.82) is 0 Å². The molecular formula is C10H15NO3. The van der Waals surface area contributed by atoms with E-state index in [-0.39, 0.29) is 17.2 Å². The minimum Gasteiger partial charge on any atom is -0.479 e. The number of hydrogen-bond donors (Lipinski definition) is 2. The first-order valence-electron chi connectivity index (χ1n) is 4.94. The Hall–Kier alpha value is -1.06. The summed E-state index contributed by atoms with van der Waals surface area (Å²) in [5.41, 5.74) is -1.35. The van der Waals surface area contributed by atoms with Crippen molar-refractivity contribution in [2.24, 2.45) is 11.3 Å². The molecule has 2 bridgehead atoms. The van der Waals surface area contributed by atoms with Gasteiger partial charge >= 0.3 is 5.97 Å². The first-order valence-corrected chi connectivity index (χ1v) is 4.94. The van der Waals surface area contributed by atoms with Crippen LogP contribution in [-0.4, -0.2) is 22.5 Å². The fraction of sp³-hybridized carbons (Fsp3) is 0.800. The maximum atomic E-state index is 11.3. The molecule has 2 atom stereocenters. The largest absolute Gasteiger partial charge is 0.479 e. The number of rotatable bonds is 1. The van der Waals surface area contributed by atoms with Gasteiger partial charge in [0, 0.05) is 11.8 Å². The molecule has 2 fully saturated rings. The van der Waals surface area contributed by atoms with E-state index in [0.717, 1.165) is 6.42 Å². The van der Waals surface area contributed by atoms with Crippen LogP contribution >= 0.6 is 0 Å². The molecule has 4 heteroatoms. The lowest BCUT2D eigenvalue weighted by atomic mass is 9.67. The number of carbonyl (C=O) groups excluding carboxylic acids is 1. The molecule has 2 rings (SSSR count). The Kier molecular flexibility index (Phi) is 1.69. The summed E-state index contributed by atoms with van der Waals surface area (Å²) in [5.74, 6) is -0.792. The highest BCUT2D eigenvalue weighted by Gasteiger charge is 2.63. The smallest absolute Gasteiger partial charge is 0.329 e. The van der Waals surface area contributed by atoms with Crippen molar-refractivity contribution < 1.29 is 14.7 Å². The lowest BCUT2D eigenvalue weighted by molar-refractivity contribution is -0.156. The van der Waals surface area contributed by atoms with E-state index in [4.69, 9.17) is 0 Å². The van der Waals surface area contributed by atoms with Gasteiger partial charge in [0.15, 0.2) is 0 Å². The van der Waals surface area contributed by atoms with Crippen molar-refractivity contribution in [3.05, 3.63) is 0 Å². The molecule has 2 N–H and O–H groups in total. The molecule has 1 aliphatic heterocycles. The normalized spacial score (nSPS) is 39.3. The van der Waals surface area contributed by atoms with E-state index in [1.165, 1.54) is 0 Å². The second-order valence-electron chi connectivity index (χ2n) is 4.92. The van der Waals surface area contributed by atoms with Gasteiger partial charge in [0.1, 0.15) is 5.54 Å². The van der Waals surface area contributed by atoms with Crippen molar-refractivity contribution in [3.63, 3.8) is 0 Å². The predicted octanol–water partition coefficient (Wildman–Crippen LogP) is 0.766. The van der Waals surface area contributed by atoms with Gasteiger partial charge in [-0.05, 0) is 18.8 Å². The number of amides is 1. The number of piperidine rings is 1. The predicted molar refractivity (Wildman–Crippen MR) is 49.6 cm³/mol. The van der Waals surface area contributed by atoms with E-state index in [1.807, 2.05) is 13.8 Å². The van der Waals surface area contributed by atoms with Gasteiger partial charge in [-0.2, -0.15) is 0 Å². The third-order valence-corrected chi connectivity index (χ3v) is 4.14. The van der Waals surface area contributed by atoms with E-state index >= 15 is 0 Å². The summed E-state index contributed by atoms with van der Waals surface area (Å²) in [7, 11) is 0. The number of carboxylic acid groups (broad SMARTS) is 1. The summed E-state index contributed by atoms with van der Waals surface area (Å²) in [6, 6.07) is 0. The Labute approximate surface area is 82.7 Å². The van der Waals surface area contributed by atoms with Crippen molar-refractivity contribution >= 4 is 11.9 Å². The molecule has 0 aromatic rings. The number of carboxylic acids is 1. The van der Waals surface area contributed by atoms with Gasteiger partial charge in [0.2, 0.25) is 5.91 Å².